The topological polar surface area (TPSA) is 72.9 Å². The number of aliphatic hydroxyl groups is 1. The summed E-state index contributed by atoms with van der Waals surface area (Å²) in [5.74, 6) is 0.0826. The molecule has 2 fully saturated rings. The van der Waals surface area contributed by atoms with Gasteiger partial charge in [-0.25, -0.2) is 0 Å². The number of hydrogen-bond acceptors (Lipinski definition) is 4. The molecule has 2 atom stereocenters. The molecule has 0 aliphatic carbocycles. The fourth-order valence-corrected chi connectivity index (χ4v) is 4.77. The molecule has 2 heterocycles. The Hall–Kier alpha value is -1.92. The number of aliphatic hydroxyl groups excluding tert-OH is 1. The van der Waals surface area contributed by atoms with Crippen LogP contribution in [0.4, 0.5) is 0 Å². The predicted molar refractivity (Wildman–Crippen MR) is 109 cm³/mol. The Bertz CT molecular complexity index is 708. The number of rotatable bonds is 5. The van der Waals surface area contributed by atoms with Crippen LogP contribution in [0.25, 0.3) is 0 Å². The first-order valence-electron chi connectivity index (χ1n) is 10.5. The monoisotopic (exact) mass is 387 g/mol. The van der Waals surface area contributed by atoms with Crippen LogP contribution in [0.2, 0.25) is 0 Å². The van der Waals surface area contributed by atoms with Crippen LogP contribution in [0.1, 0.15) is 49.0 Å². The summed E-state index contributed by atoms with van der Waals surface area (Å²) in [6.45, 7) is 7.61. The third-order valence-corrected chi connectivity index (χ3v) is 6.23. The minimum absolute atomic E-state index is 0.0228. The van der Waals surface area contributed by atoms with Crippen LogP contribution in [0, 0.1) is 5.41 Å². The Morgan fingerprint density at radius 1 is 1.21 bits per heavy atom. The van der Waals surface area contributed by atoms with Crippen molar-refractivity contribution in [1.82, 2.24) is 15.1 Å². The van der Waals surface area contributed by atoms with Crippen molar-refractivity contribution in [2.24, 2.45) is 5.41 Å². The van der Waals surface area contributed by atoms with Crippen molar-refractivity contribution < 1.29 is 14.7 Å². The minimum atomic E-state index is -0.435. The first-order chi connectivity index (χ1) is 13.5. The molecule has 2 saturated heterocycles. The van der Waals surface area contributed by atoms with Crippen LogP contribution >= 0.6 is 0 Å². The fraction of sp³-hybridized carbons (Fsp3) is 0.636. The normalized spacial score (nSPS) is 25.7. The Labute approximate surface area is 167 Å². The summed E-state index contributed by atoms with van der Waals surface area (Å²) < 4.78 is 0. The number of carbonyl (C=O) groups excluding carboxylic acids is 2. The molecule has 1 aromatic carbocycles. The van der Waals surface area contributed by atoms with E-state index in [0.29, 0.717) is 39.1 Å². The van der Waals surface area contributed by atoms with E-state index in [1.165, 1.54) is 0 Å². The van der Waals surface area contributed by atoms with Crippen molar-refractivity contribution >= 4 is 11.8 Å². The Morgan fingerprint density at radius 3 is 2.75 bits per heavy atom. The lowest BCUT2D eigenvalue weighted by Gasteiger charge is -2.51. The molecule has 2 N–H and O–H groups in total. The summed E-state index contributed by atoms with van der Waals surface area (Å²) in [6, 6.07) is 7.80. The molecule has 0 saturated carbocycles. The maximum atomic E-state index is 13.2. The maximum Gasteiger partial charge on any atom is 0.254 e. The second-order valence-corrected chi connectivity index (χ2v) is 8.17. The second-order valence-electron chi connectivity index (χ2n) is 8.17. The zero-order valence-corrected chi connectivity index (χ0v) is 17.1. The van der Waals surface area contributed by atoms with Crippen molar-refractivity contribution in [2.75, 3.05) is 39.3 Å². The molecular weight excluding hydrogens is 354 g/mol. The van der Waals surface area contributed by atoms with Gasteiger partial charge in [0.25, 0.3) is 5.91 Å². The number of likely N-dealkylation sites (tertiary alicyclic amines) is 2. The SMILES string of the molecule is CCNC(=O)CN1CC[C@@H](O)[C@]2(CCCN(C(=O)c3ccccc3CC)C2)C1. The lowest BCUT2D eigenvalue weighted by molar-refractivity contribution is -0.126. The molecule has 1 aromatic rings. The molecule has 2 aliphatic rings. The van der Waals surface area contributed by atoms with E-state index in [4.69, 9.17) is 0 Å². The Balaban J connectivity index is 1.74. The van der Waals surface area contributed by atoms with Crippen LogP contribution in [0.5, 0.6) is 0 Å². The average Bonchev–Trinajstić information content (AvgIpc) is 2.70. The van der Waals surface area contributed by atoms with E-state index in [2.05, 4.69) is 17.1 Å². The summed E-state index contributed by atoms with van der Waals surface area (Å²) in [5, 5.41) is 13.7. The maximum absolute atomic E-state index is 13.2. The number of benzene rings is 1. The zero-order chi connectivity index (χ0) is 20.1. The standard InChI is InChI=1S/C22H33N3O3/c1-3-17-8-5-6-9-18(17)21(28)25-12-7-11-22(16-25)15-24(13-10-19(22)26)14-20(27)23-4-2/h5-6,8-9,19,26H,3-4,7,10-16H2,1-2H3,(H,23,27)/t19-,22-/m1/s1. The molecule has 6 heteroatoms. The van der Waals surface area contributed by atoms with Gasteiger partial charge in [0, 0.05) is 43.7 Å². The number of nitrogens with zero attached hydrogens (tertiary/aromatic N) is 2. The molecule has 3 rings (SSSR count). The zero-order valence-electron chi connectivity index (χ0n) is 17.1. The molecule has 1 spiro atoms. The highest BCUT2D eigenvalue weighted by molar-refractivity contribution is 5.95. The van der Waals surface area contributed by atoms with Crippen LogP contribution in [0.15, 0.2) is 24.3 Å². The van der Waals surface area contributed by atoms with Crippen LogP contribution in [0.3, 0.4) is 0 Å². The van der Waals surface area contributed by atoms with Crippen LogP contribution in [-0.4, -0.2) is 72.1 Å². The number of carbonyl (C=O) groups is 2. The van der Waals surface area contributed by atoms with E-state index >= 15 is 0 Å². The number of likely N-dealkylation sites (N-methyl/N-ethyl adjacent to an activating group) is 1. The van der Waals surface area contributed by atoms with Crippen molar-refractivity contribution in [3.8, 4) is 0 Å². The van der Waals surface area contributed by atoms with Crippen LogP contribution in [-0.2, 0) is 11.2 Å². The lowest BCUT2D eigenvalue weighted by Crippen LogP contribution is -2.60. The first-order valence-corrected chi connectivity index (χ1v) is 10.5. The van der Waals surface area contributed by atoms with E-state index in [0.717, 1.165) is 36.9 Å². The molecule has 154 valence electrons. The Kier molecular flexibility index (Phi) is 6.73. The molecule has 2 amide bonds. The first kappa shape index (κ1) is 20.8. The summed E-state index contributed by atoms with van der Waals surface area (Å²) in [6.07, 6.45) is 2.80. The third-order valence-electron chi connectivity index (χ3n) is 6.23. The quantitative estimate of drug-likeness (QED) is 0.806. The molecule has 0 unspecified atom stereocenters. The lowest BCUT2D eigenvalue weighted by atomic mass is 9.71. The average molecular weight is 388 g/mol. The fourth-order valence-electron chi connectivity index (χ4n) is 4.77. The summed E-state index contributed by atoms with van der Waals surface area (Å²) >= 11 is 0. The van der Waals surface area contributed by atoms with E-state index in [1.54, 1.807) is 0 Å². The van der Waals surface area contributed by atoms with Crippen molar-refractivity contribution in [1.29, 1.82) is 0 Å². The molecule has 0 bridgehead atoms. The van der Waals surface area contributed by atoms with Gasteiger partial charge in [0.05, 0.1) is 12.6 Å². The van der Waals surface area contributed by atoms with Crippen LogP contribution < -0.4 is 5.32 Å². The van der Waals surface area contributed by atoms with Gasteiger partial charge < -0.3 is 15.3 Å². The number of piperidine rings is 2. The van der Waals surface area contributed by atoms with Gasteiger partial charge in [-0.05, 0) is 44.2 Å². The number of nitrogens with one attached hydrogen (secondary N) is 1. The highest BCUT2D eigenvalue weighted by Gasteiger charge is 2.46. The summed E-state index contributed by atoms with van der Waals surface area (Å²) in [4.78, 5) is 29.3. The van der Waals surface area contributed by atoms with Gasteiger partial charge >= 0.3 is 0 Å². The second kappa shape index (κ2) is 9.05. The van der Waals surface area contributed by atoms with E-state index in [-0.39, 0.29) is 17.2 Å². The van der Waals surface area contributed by atoms with Gasteiger partial charge in [-0.15, -0.1) is 0 Å². The van der Waals surface area contributed by atoms with Gasteiger partial charge in [0.15, 0.2) is 0 Å². The van der Waals surface area contributed by atoms with Gasteiger partial charge in [-0.3, -0.25) is 14.5 Å². The van der Waals surface area contributed by atoms with Crippen molar-refractivity contribution in [3.05, 3.63) is 35.4 Å². The molecule has 28 heavy (non-hydrogen) atoms. The molecule has 6 nitrogen and oxygen atoms in total. The Morgan fingerprint density at radius 2 is 2.00 bits per heavy atom. The summed E-state index contributed by atoms with van der Waals surface area (Å²) in [5.41, 5.74) is 1.49. The van der Waals surface area contributed by atoms with E-state index < -0.39 is 6.10 Å². The summed E-state index contributed by atoms with van der Waals surface area (Å²) in [7, 11) is 0. The highest BCUT2D eigenvalue weighted by atomic mass is 16.3. The number of amides is 2. The van der Waals surface area contributed by atoms with E-state index in [1.807, 2.05) is 36.1 Å². The van der Waals surface area contributed by atoms with Gasteiger partial charge in [0.1, 0.15) is 0 Å². The molecular formula is C22H33N3O3. The van der Waals surface area contributed by atoms with Crippen molar-refractivity contribution in [3.63, 3.8) is 0 Å². The van der Waals surface area contributed by atoms with Gasteiger partial charge in [-0.2, -0.15) is 0 Å². The number of aryl methyl sites for hydroxylation is 1. The van der Waals surface area contributed by atoms with E-state index in [9.17, 15) is 14.7 Å². The van der Waals surface area contributed by atoms with Gasteiger partial charge in [0.2, 0.25) is 5.91 Å². The highest BCUT2D eigenvalue weighted by Crippen LogP contribution is 2.39. The smallest absolute Gasteiger partial charge is 0.254 e. The van der Waals surface area contributed by atoms with Crippen molar-refractivity contribution in [2.45, 2.75) is 45.6 Å². The minimum Gasteiger partial charge on any atom is -0.392 e. The predicted octanol–water partition coefficient (Wildman–Crippen LogP) is 1.67. The van der Waals surface area contributed by atoms with Gasteiger partial charge in [-0.1, -0.05) is 25.1 Å². The third kappa shape index (κ3) is 4.39. The largest absolute Gasteiger partial charge is 0.392 e. The molecule has 0 radical (unpaired) electrons. The molecule has 0 aromatic heterocycles. The molecule has 2 aliphatic heterocycles. The number of hydrogen-bond donors (Lipinski definition) is 2.